The monoisotopic (exact) mass is 817 g/mol. The Morgan fingerprint density at radius 3 is 2.12 bits per heavy atom. The number of H-pyrrole nitrogens is 1. The number of nitrogens with zero attached hydrogens (tertiary/aromatic N) is 3. The van der Waals surface area contributed by atoms with E-state index in [9.17, 15) is 14.4 Å². The molecule has 5 atom stereocenters. The topological polar surface area (TPSA) is 134 Å². The van der Waals surface area contributed by atoms with Gasteiger partial charge in [0.1, 0.15) is 12.4 Å². The molecular formula is C50H68N6O4. The molecule has 322 valence electrons. The second kappa shape index (κ2) is 22.1. The summed E-state index contributed by atoms with van der Waals surface area (Å²) < 4.78 is 4.60. The van der Waals surface area contributed by atoms with Crippen LogP contribution in [0.5, 0.6) is 0 Å². The van der Waals surface area contributed by atoms with Crippen LogP contribution < -0.4 is 11.1 Å². The van der Waals surface area contributed by atoms with E-state index in [1.807, 2.05) is 88.1 Å². The molecular weight excluding hydrogens is 749 g/mol. The molecule has 0 bridgehead atoms. The van der Waals surface area contributed by atoms with Crippen LogP contribution in [0.3, 0.4) is 0 Å². The molecule has 10 nitrogen and oxygen atoms in total. The maximum absolute atomic E-state index is 13.7. The van der Waals surface area contributed by atoms with Crippen molar-refractivity contribution in [3.05, 3.63) is 108 Å². The number of likely N-dealkylation sites (tertiary alicyclic amines) is 2. The maximum atomic E-state index is 13.7. The first-order valence-electron chi connectivity index (χ1n) is 21.8. The van der Waals surface area contributed by atoms with Gasteiger partial charge in [0.05, 0.1) is 36.1 Å². The van der Waals surface area contributed by atoms with Crippen molar-refractivity contribution in [3.8, 4) is 11.1 Å². The lowest BCUT2D eigenvalue weighted by Crippen LogP contribution is -2.44. The van der Waals surface area contributed by atoms with Gasteiger partial charge in [-0.3, -0.25) is 9.59 Å². The molecule has 4 N–H and O–H groups in total. The molecule has 2 aliphatic rings. The summed E-state index contributed by atoms with van der Waals surface area (Å²) in [7, 11) is 1.27. The molecule has 1 aromatic heterocycles. The summed E-state index contributed by atoms with van der Waals surface area (Å²) in [6.45, 7) is 22.0. The summed E-state index contributed by atoms with van der Waals surface area (Å²) in [6, 6.07) is 28.6. The van der Waals surface area contributed by atoms with Gasteiger partial charge < -0.3 is 30.6 Å². The third-order valence-electron chi connectivity index (χ3n) is 10.6. The molecule has 2 aliphatic heterocycles. The highest BCUT2D eigenvalue weighted by molar-refractivity contribution is 5.91. The highest BCUT2D eigenvalue weighted by atomic mass is 16.5. The summed E-state index contributed by atoms with van der Waals surface area (Å²) in [5, 5.41) is 4.65. The lowest BCUT2D eigenvalue weighted by atomic mass is 9.98. The van der Waals surface area contributed by atoms with Crippen LogP contribution in [-0.2, 0) is 14.3 Å². The lowest BCUT2D eigenvalue weighted by Gasteiger charge is -2.26. The van der Waals surface area contributed by atoms with E-state index < -0.39 is 6.09 Å². The van der Waals surface area contributed by atoms with Gasteiger partial charge in [0.25, 0.3) is 0 Å². The summed E-state index contributed by atoms with van der Waals surface area (Å²) in [6.07, 6.45) is 2.93. The number of fused-ring (bicyclic) bond motifs is 2. The summed E-state index contributed by atoms with van der Waals surface area (Å²) in [5.41, 5.74) is 13.2. The smallest absolute Gasteiger partial charge is 0.407 e. The number of imidazole rings is 1. The number of amides is 3. The quantitative estimate of drug-likeness (QED) is 0.143. The second-order valence-electron chi connectivity index (χ2n) is 16.3. The minimum atomic E-state index is -0.639. The van der Waals surface area contributed by atoms with Gasteiger partial charge in [-0.15, -0.1) is 0 Å². The van der Waals surface area contributed by atoms with Gasteiger partial charge in [0, 0.05) is 18.8 Å². The van der Waals surface area contributed by atoms with Crippen molar-refractivity contribution in [1.82, 2.24) is 25.1 Å². The minimum Gasteiger partial charge on any atom is -0.453 e. The highest BCUT2D eigenvalue weighted by Crippen LogP contribution is 2.38. The van der Waals surface area contributed by atoms with Crippen molar-refractivity contribution < 1.29 is 19.1 Å². The van der Waals surface area contributed by atoms with E-state index in [4.69, 9.17) is 10.7 Å². The molecule has 0 saturated carbocycles. The molecule has 0 radical (unpaired) electrons. The first-order valence-corrected chi connectivity index (χ1v) is 21.8. The SMILES string of the molecule is CC.CC.CC(C)C.COC(=O)NCC(=O)N1C[C@@H](C)C[C@H]1/C(N)=C\c1ccc2cc(-c3ccc4nc([C@@H]5C[C@H](C)CN5C(=O)[C@H](C)c5ccccc5)[nH]c4c3)ccc2c1. The van der Waals surface area contributed by atoms with Gasteiger partial charge in [-0.05, 0) is 101 Å². The number of alkyl carbamates (subject to hydrolysis) is 1. The lowest BCUT2D eigenvalue weighted by molar-refractivity contribution is -0.133. The molecule has 5 aromatic rings. The minimum absolute atomic E-state index is 0.0910. The predicted molar refractivity (Wildman–Crippen MR) is 247 cm³/mol. The summed E-state index contributed by atoms with van der Waals surface area (Å²) in [5.74, 6) is 2.07. The third kappa shape index (κ3) is 11.8. The van der Waals surface area contributed by atoms with Gasteiger partial charge in [-0.1, -0.05) is 123 Å². The molecule has 0 aliphatic carbocycles. The van der Waals surface area contributed by atoms with E-state index in [1.54, 1.807) is 4.90 Å². The van der Waals surface area contributed by atoms with Crippen LogP contribution in [-0.4, -0.2) is 70.5 Å². The second-order valence-corrected chi connectivity index (χ2v) is 16.3. The Balaban J connectivity index is 0.000000925. The Morgan fingerprint density at radius 1 is 0.833 bits per heavy atom. The summed E-state index contributed by atoms with van der Waals surface area (Å²) in [4.78, 5) is 50.4. The van der Waals surface area contributed by atoms with Crippen LogP contribution in [0.1, 0.15) is 111 Å². The van der Waals surface area contributed by atoms with E-state index >= 15 is 0 Å². The van der Waals surface area contributed by atoms with Crippen molar-refractivity contribution >= 4 is 45.8 Å². The molecule has 3 heterocycles. The Bertz CT molecular complexity index is 2210. The standard InChI is InChI=1S/C42H46N6O4.C4H10.2C2H6/c1-25-16-37(47(23-25)39(49)22-44-42(51)52-4)34(43)19-28-10-11-31-20-32(13-12-30(31)18-28)33-14-15-35-36(21-33)46-40(45-35)38-17-26(2)24-48(38)41(50)27(3)29-8-6-5-7-9-29;1-4(2)3;2*1-2/h5-15,18-21,25-27,37-38H,16-17,22-24,43H2,1-4H3,(H,44,51)(H,45,46);4H,1-3H3;2*1-2H3/b34-19+;;;/t25-,26-,27+,37-,38-;;;/m0.../s1. The molecule has 4 aromatic carbocycles. The van der Waals surface area contributed by atoms with Crippen LogP contribution >= 0.6 is 0 Å². The van der Waals surface area contributed by atoms with Gasteiger partial charge in [0.15, 0.2) is 0 Å². The number of methoxy groups -OCH3 is 1. The largest absolute Gasteiger partial charge is 0.453 e. The van der Waals surface area contributed by atoms with Gasteiger partial charge >= 0.3 is 6.09 Å². The number of hydrogen-bond acceptors (Lipinski definition) is 6. The number of benzene rings is 4. The van der Waals surface area contributed by atoms with Crippen LogP contribution in [0.15, 0.2) is 90.6 Å². The Morgan fingerprint density at radius 2 is 1.43 bits per heavy atom. The predicted octanol–water partition coefficient (Wildman–Crippen LogP) is 10.7. The first kappa shape index (κ1) is 47.0. The Hall–Kier alpha value is -5.64. The molecule has 60 heavy (non-hydrogen) atoms. The molecule has 3 amide bonds. The molecule has 0 unspecified atom stereocenters. The van der Waals surface area contributed by atoms with Crippen molar-refractivity contribution in [2.24, 2.45) is 23.5 Å². The zero-order valence-electron chi connectivity index (χ0n) is 37.7. The number of hydrogen-bond donors (Lipinski definition) is 3. The summed E-state index contributed by atoms with van der Waals surface area (Å²) >= 11 is 0. The zero-order chi connectivity index (χ0) is 44.1. The Kier molecular flexibility index (Phi) is 17.3. The number of ether oxygens (including phenoxy) is 1. The number of nitrogens with one attached hydrogen (secondary N) is 2. The molecule has 7 rings (SSSR count). The number of carbonyl (C=O) groups is 3. The van der Waals surface area contributed by atoms with Crippen LogP contribution in [0.4, 0.5) is 4.79 Å². The maximum Gasteiger partial charge on any atom is 0.407 e. The van der Waals surface area contributed by atoms with E-state index in [0.29, 0.717) is 24.1 Å². The van der Waals surface area contributed by atoms with E-state index in [1.165, 1.54) is 7.11 Å². The number of carbonyl (C=O) groups excluding carboxylic acids is 3. The van der Waals surface area contributed by atoms with Crippen molar-refractivity contribution in [1.29, 1.82) is 0 Å². The van der Waals surface area contributed by atoms with Crippen molar-refractivity contribution in [3.63, 3.8) is 0 Å². The Labute approximate surface area is 358 Å². The normalized spacial score (nSPS) is 19.1. The highest BCUT2D eigenvalue weighted by Gasteiger charge is 2.38. The van der Waals surface area contributed by atoms with Gasteiger partial charge in [-0.25, -0.2) is 9.78 Å². The average molecular weight is 817 g/mol. The third-order valence-corrected chi connectivity index (χ3v) is 10.6. The van der Waals surface area contributed by atoms with Crippen molar-refractivity contribution in [2.45, 2.75) is 100 Å². The van der Waals surface area contributed by atoms with E-state index in [-0.39, 0.29) is 36.4 Å². The van der Waals surface area contributed by atoms with Crippen molar-refractivity contribution in [2.75, 3.05) is 26.7 Å². The van der Waals surface area contributed by atoms with E-state index in [0.717, 1.165) is 75.2 Å². The zero-order valence-corrected chi connectivity index (χ0v) is 37.7. The first-order chi connectivity index (χ1) is 28.8. The molecule has 2 fully saturated rings. The van der Waals surface area contributed by atoms with Crippen LogP contribution in [0.2, 0.25) is 0 Å². The number of nitrogens with two attached hydrogens (primary N) is 1. The number of aromatic amines is 1. The molecule has 0 spiro atoms. The molecule has 10 heteroatoms. The number of rotatable bonds is 8. The fourth-order valence-corrected chi connectivity index (χ4v) is 7.83. The molecule has 2 saturated heterocycles. The van der Waals surface area contributed by atoms with Gasteiger partial charge in [-0.2, -0.15) is 0 Å². The number of aromatic nitrogens is 2. The fourth-order valence-electron chi connectivity index (χ4n) is 7.83. The van der Waals surface area contributed by atoms with Crippen LogP contribution in [0, 0.1) is 17.8 Å². The average Bonchev–Trinajstić information content (AvgIpc) is 3.99. The fraction of sp³-hybridized carbons (Fsp3) is 0.440. The van der Waals surface area contributed by atoms with Gasteiger partial charge in [0.2, 0.25) is 11.8 Å². The van der Waals surface area contributed by atoms with Crippen LogP contribution in [0.25, 0.3) is 39.0 Å². The van der Waals surface area contributed by atoms with E-state index in [2.05, 4.69) is 92.1 Å².